The summed E-state index contributed by atoms with van der Waals surface area (Å²) in [5.41, 5.74) is -0.0484. The van der Waals surface area contributed by atoms with Crippen LogP contribution in [0.5, 0.6) is 5.75 Å². The van der Waals surface area contributed by atoms with Gasteiger partial charge in [-0.2, -0.15) is 0 Å². The van der Waals surface area contributed by atoms with Crippen molar-refractivity contribution in [2.24, 2.45) is 0 Å². The first-order valence-corrected chi connectivity index (χ1v) is 8.40. The summed E-state index contributed by atoms with van der Waals surface area (Å²) in [5.74, 6) is 0.332. The summed E-state index contributed by atoms with van der Waals surface area (Å²) in [5, 5.41) is 3.90. The van der Waals surface area contributed by atoms with Crippen molar-refractivity contribution >= 4 is 29.1 Å². The molecule has 1 unspecified atom stereocenters. The molecule has 3 rings (SSSR count). The van der Waals surface area contributed by atoms with Crippen LogP contribution >= 0.6 is 23.2 Å². The second-order valence-corrected chi connectivity index (χ2v) is 7.00. The molecule has 4 nitrogen and oxygen atoms in total. The maximum Gasteiger partial charge on any atom is 0.261 e. The van der Waals surface area contributed by atoms with E-state index in [2.05, 4.69) is 10.2 Å². The minimum atomic E-state index is -0.607. The number of nitrogens with zero attached hydrogens (tertiary/aromatic N) is 1. The molecule has 2 aliphatic rings. The van der Waals surface area contributed by atoms with E-state index >= 15 is 0 Å². The van der Waals surface area contributed by atoms with Crippen molar-refractivity contribution in [2.45, 2.75) is 37.8 Å². The number of carbonyl (C=O) groups is 1. The van der Waals surface area contributed by atoms with Crippen LogP contribution in [0.2, 0.25) is 10.0 Å². The van der Waals surface area contributed by atoms with Gasteiger partial charge in [0.15, 0.2) is 6.10 Å². The fourth-order valence-corrected chi connectivity index (χ4v) is 2.96. The average molecular weight is 343 g/mol. The van der Waals surface area contributed by atoms with E-state index in [4.69, 9.17) is 27.9 Å². The number of hydrogen-bond acceptors (Lipinski definition) is 3. The molecular weight excluding hydrogens is 323 g/mol. The number of carbonyl (C=O) groups excluding carboxylic acids is 1. The number of benzene rings is 1. The molecule has 120 valence electrons. The van der Waals surface area contributed by atoms with Crippen molar-refractivity contribution in [1.29, 1.82) is 0 Å². The number of amides is 1. The van der Waals surface area contributed by atoms with E-state index in [0.717, 1.165) is 32.5 Å². The number of rotatable bonds is 6. The highest BCUT2D eigenvalue weighted by Crippen LogP contribution is 2.37. The van der Waals surface area contributed by atoms with Crippen LogP contribution < -0.4 is 10.1 Å². The number of nitrogens with one attached hydrogen (secondary N) is 1. The summed E-state index contributed by atoms with van der Waals surface area (Å²) in [4.78, 5) is 14.7. The summed E-state index contributed by atoms with van der Waals surface area (Å²) in [6, 6.07) is 5.15. The Hall–Kier alpha value is -0.970. The molecule has 0 spiro atoms. The zero-order valence-corrected chi connectivity index (χ0v) is 14.1. The molecule has 1 aliphatic carbocycles. The first kappa shape index (κ1) is 15.9. The van der Waals surface area contributed by atoms with Gasteiger partial charge >= 0.3 is 0 Å². The predicted molar refractivity (Wildman–Crippen MR) is 87.7 cm³/mol. The Labute approximate surface area is 140 Å². The summed E-state index contributed by atoms with van der Waals surface area (Å²) in [7, 11) is 0. The molecule has 1 atom stereocenters. The zero-order valence-electron chi connectivity index (χ0n) is 12.6. The summed E-state index contributed by atoms with van der Waals surface area (Å²) >= 11 is 12.0. The Kier molecular flexibility index (Phi) is 4.53. The molecule has 1 amide bonds. The lowest BCUT2D eigenvalue weighted by Gasteiger charge is -2.35. The topological polar surface area (TPSA) is 41.6 Å². The van der Waals surface area contributed by atoms with Gasteiger partial charge in [-0.05, 0) is 51.4 Å². The van der Waals surface area contributed by atoms with Gasteiger partial charge in [0.1, 0.15) is 10.8 Å². The van der Waals surface area contributed by atoms with Gasteiger partial charge in [-0.15, -0.1) is 0 Å². The lowest BCUT2D eigenvalue weighted by atomic mass is 10.1. The smallest absolute Gasteiger partial charge is 0.261 e. The van der Waals surface area contributed by atoms with Gasteiger partial charge in [-0.3, -0.25) is 4.79 Å². The molecule has 1 saturated carbocycles. The van der Waals surface area contributed by atoms with Gasteiger partial charge in [0, 0.05) is 6.54 Å². The normalized spacial score (nSPS) is 20.9. The third kappa shape index (κ3) is 3.50. The molecule has 6 heteroatoms. The van der Waals surface area contributed by atoms with Crippen molar-refractivity contribution in [3.63, 3.8) is 0 Å². The molecule has 1 aromatic carbocycles. The Bertz CT molecular complexity index is 571. The maximum absolute atomic E-state index is 12.4. The molecule has 2 fully saturated rings. The summed E-state index contributed by atoms with van der Waals surface area (Å²) < 4.78 is 5.66. The van der Waals surface area contributed by atoms with Crippen molar-refractivity contribution in [2.75, 3.05) is 19.6 Å². The molecular formula is C16H20Cl2N2O2. The molecule has 1 aliphatic heterocycles. The Morgan fingerprint density at radius 2 is 2.14 bits per heavy atom. The molecule has 0 radical (unpaired) electrons. The van der Waals surface area contributed by atoms with Gasteiger partial charge < -0.3 is 15.0 Å². The Balaban J connectivity index is 1.56. The fraction of sp³-hybridized carbons (Fsp3) is 0.562. The summed E-state index contributed by atoms with van der Waals surface area (Å²) in [6.07, 6.45) is 2.74. The van der Waals surface area contributed by atoms with Crippen LogP contribution in [0.3, 0.4) is 0 Å². The highest BCUT2D eigenvalue weighted by atomic mass is 35.5. The number of ether oxygens (including phenoxy) is 1. The number of hydrogen-bond donors (Lipinski definition) is 1. The van der Waals surface area contributed by atoms with Crippen LogP contribution in [0.15, 0.2) is 18.2 Å². The zero-order chi connectivity index (χ0) is 15.7. The highest BCUT2D eigenvalue weighted by molar-refractivity contribution is 6.42. The van der Waals surface area contributed by atoms with Crippen LogP contribution in [-0.2, 0) is 4.79 Å². The van der Waals surface area contributed by atoms with Crippen molar-refractivity contribution in [3.8, 4) is 5.75 Å². The average Bonchev–Trinajstić information content (AvgIpc) is 3.19. The van der Waals surface area contributed by atoms with Crippen LogP contribution in [0.4, 0.5) is 0 Å². The molecule has 1 heterocycles. The second-order valence-electron chi connectivity index (χ2n) is 6.21. The van der Waals surface area contributed by atoms with Crippen molar-refractivity contribution in [3.05, 3.63) is 28.2 Å². The van der Waals surface area contributed by atoms with E-state index in [-0.39, 0.29) is 11.4 Å². The van der Waals surface area contributed by atoms with E-state index < -0.39 is 6.10 Å². The SMILES string of the molecule is CC(Oc1cccc(Cl)c1Cl)C(=O)NC1(CN2CCC2)CC1. The van der Waals surface area contributed by atoms with Gasteiger partial charge in [0.05, 0.1) is 10.6 Å². The van der Waals surface area contributed by atoms with Gasteiger partial charge in [0.2, 0.25) is 0 Å². The third-order valence-electron chi connectivity index (χ3n) is 4.31. The molecule has 1 saturated heterocycles. The van der Waals surface area contributed by atoms with Crippen LogP contribution in [0.25, 0.3) is 0 Å². The lowest BCUT2D eigenvalue weighted by Crippen LogP contribution is -2.52. The molecule has 0 bridgehead atoms. The second kappa shape index (κ2) is 6.26. The van der Waals surface area contributed by atoms with Gasteiger partial charge in [-0.25, -0.2) is 0 Å². The summed E-state index contributed by atoms with van der Waals surface area (Å²) in [6.45, 7) is 4.96. The van der Waals surface area contributed by atoms with E-state index in [1.54, 1.807) is 25.1 Å². The van der Waals surface area contributed by atoms with Crippen molar-refractivity contribution in [1.82, 2.24) is 10.2 Å². The van der Waals surface area contributed by atoms with Crippen molar-refractivity contribution < 1.29 is 9.53 Å². The number of likely N-dealkylation sites (tertiary alicyclic amines) is 1. The van der Waals surface area contributed by atoms with E-state index in [1.807, 2.05) is 0 Å². The van der Waals surface area contributed by atoms with Crippen LogP contribution in [0.1, 0.15) is 26.2 Å². The lowest BCUT2D eigenvalue weighted by molar-refractivity contribution is -0.128. The van der Waals surface area contributed by atoms with Crippen LogP contribution in [-0.4, -0.2) is 42.1 Å². The fourth-order valence-electron chi connectivity index (χ4n) is 2.62. The Morgan fingerprint density at radius 3 is 2.73 bits per heavy atom. The van der Waals surface area contributed by atoms with E-state index in [9.17, 15) is 4.79 Å². The number of halogens is 2. The van der Waals surface area contributed by atoms with Crippen LogP contribution in [0, 0.1) is 0 Å². The monoisotopic (exact) mass is 342 g/mol. The molecule has 22 heavy (non-hydrogen) atoms. The first-order chi connectivity index (χ1) is 10.5. The van der Waals surface area contributed by atoms with Gasteiger partial charge in [-0.1, -0.05) is 29.3 Å². The molecule has 1 aromatic rings. The quantitative estimate of drug-likeness (QED) is 0.863. The standard InChI is InChI=1S/C16H20Cl2N2O2/c1-11(22-13-5-2-4-12(17)14(13)18)15(21)19-16(6-7-16)10-20-8-3-9-20/h2,4-5,11H,3,6-10H2,1H3,(H,19,21). The first-order valence-electron chi connectivity index (χ1n) is 7.64. The largest absolute Gasteiger partial charge is 0.479 e. The van der Waals surface area contributed by atoms with Gasteiger partial charge in [0.25, 0.3) is 5.91 Å². The third-order valence-corrected chi connectivity index (χ3v) is 5.11. The van der Waals surface area contributed by atoms with E-state index in [0.29, 0.717) is 15.8 Å². The van der Waals surface area contributed by atoms with E-state index in [1.165, 1.54) is 6.42 Å². The molecule has 0 aromatic heterocycles. The Morgan fingerprint density at radius 1 is 1.41 bits per heavy atom. The predicted octanol–water partition coefficient (Wildman–Crippen LogP) is 3.12. The minimum absolute atomic E-state index is 0.0484. The molecule has 1 N–H and O–H groups in total. The maximum atomic E-state index is 12.4. The minimum Gasteiger partial charge on any atom is -0.479 e. The highest BCUT2D eigenvalue weighted by Gasteiger charge is 2.46.